The van der Waals surface area contributed by atoms with Gasteiger partial charge < -0.3 is 0 Å². The van der Waals surface area contributed by atoms with Crippen LogP contribution in [0.3, 0.4) is 0 Å². The highest BCUT2D eigenvalue weighted by atomic mass is 79.9. The number of benzene rings is 2. The van der Waals surface area contributed by atoms with Gasteiger partial charge in [0.25, 0.3) is 0 Å². The molecule has 0 saturated heterocycles. The molecule has 0 bridgehead atoms. The zero-order valence-electron chi connectivity index (χ0n) is 11.2. The zero-order chi connectivity index (χ0) is 15.0. The van der Waals surface area contributed by atoms with Crippen molar-refractivity contribution in [1.29, 1.82) is 0 Å². The molecular formula is C15H12BrN2O2S. The largest absolute Gasteiger partial charge is 0.283 e. The third-order valence-electron chi connectivity index (χ3n) is 3.04. The van der Waals surface area contributed by atoms with Crippen molar-refractivity contribution in [3.63, 3.8) is 0 Å². The van der Waals surface area contributed by atoms with Crippen molar-refractivity contribution in [2.45, 2.75) is 0 Å². The van der Waals surface area contributed by atoms with Gasteiger partial charge in [0.2, 0.25) is 10.0 Å². The first-order valence-corrected chi connectivity index (χ1v) is 8.91. The zero-order valence-corrected chi connectivity index (χ0v) is 13.6. The third-order valence-corrected chi connectivity index (χ3v) is 4.16. The normalized spacial score (nSPS) is 13.3. The van der Waals surface area contributed by atoms with E-state index in [2.05, 4.69) is 26.0 Å². The topological polar surface area (TPSA) is 60.3 Å². The molecule has 6 heteroatoms. The SMILES string of the molecule is CS(=O)(=O)Nc1cccc2c1C=C(c1ccc(Br)cc1)[N]2. The van der Waals surface area contributed by atoms with E-state index in [9.17, 15) is 8.42 Å². The summed E-state index contributed by atoms with van der Waals surface area (Å²) in [6, 6.07) is 13.2. The average Bonchev–Trinajstić information content (AvgIpc) is 2.83. The molecular weight excluding hydrogens is 352 g/mol. The number of anilines is 1. The molecule has 4 nitrogen and oxygen atoms in total. The van der Waals surface area contributed by atoms with Crippen LogP contribution in [0.15, 0.2) is 46.9 Å². The summed E-state index contributed by atoms with van der Waals surface area (Å²) in [6.45, 7) is 0. The summed E-state index contributed by atoms with van der Waals surface area (Å²) in [5.74, 6) is 0. The number of sulfonamides is 1. The molecule has 1 heterocycles. The number of hydrogen-bond donors (Lipinski definition) is 1. The van der Waals surface area contributed by atoms with Crippen LogP contribution >= 0.6 is 15.9 Å². The van der Waals surface area contributed by atoms with Crippen molar-refractivity contribution in [2.75, 3.05) is 11.0 Å². The minimum atomic E-state index is -3.31. The Morgan fingerprint density at radius 1 is 1.10 bits per heavy atom. The lowest BCUT2D eigenvalue weighted by Crippen LogP contribution is -2.10. The molecule has 2 aromatic rings. The van der Waals surface area contributed by atoms with Gasteiger partial charge in [-0.2, -0.15) is 0 Å². The van der Waals surface area contributed by atoms with Crippen LogP contribution in [0.1, 0.15) is 11.1 Å². The van der Waals surface area contributed by atoms with Crippen LogP contribution in [-0.2, 0) is 10.0 Å². The monoisotopic (exact) mass is 363 g/mol. The van der Waals surface area contributed by atoms with E-state index in [0.717, 1.165) is 33.2 Å². The van der Waals surface area contributed by atoms with E-state index in [0.29, 0.717) is 5.69 Å². The lowest BCUT2D eigenvalue weighted by Gasteiger charge is -2.07. The van der Waals surface area contributed by atoms with Gasteiger partial charge in [0.1, 0.15) is 0 Å². The third kappa shape index (κ3) is 3.11. The second-order valence-electron chi connectivity index (χ2n) is 4.76. The second kappa shape index (κ2) is 5.20. The predicted octanol–water partition coefficient (Wildman–Crippen LogP) is 3.57. The Balaban J connectivity index is 2.00. The molecule has 0 aromatic heterocycles. The predicted molar refractivity (Wildman–Crippen MR) is 88.7 cm³/mol. The maximum absolute atomic E-state index is 11.4. The Morgan fingerprint density at radius 3 is 2.48 bits per heavy atom. The molecule has 0 unspecified atom stereocenters. The van der Waals surface area contributed by atoms with Crippen LogP contribution in [0, 0.1) is 0 Å². The lowest BCUT2D eigenvalue weighted by molar-refractivity contribution is 0.607. The molecule has 2 aromatic carbocycles. The van der Waals surface area contributed by atoms with E-state index in [1.54, 1.807) is 12.1 Å². The van der Waals surface area contributed by atoms with E-state index in [1.165, 1.54) is 0 Å². The molecule has 0 fully saturated rings. The molecule has 0 atom stereocenters. The van der Waals surface area contributed by atoms with Crippen LogP contribution in [0.5, 0.6) is 0 Å². The first-order chi connectivity index (χ1) is 9.92. The summed E-state index contributed by atoms with van der Waals surface area (Å²) in [4.78, 5) is 0. The van der Waals surface area contributed by atoms with E-state index < -0.39 is 10.0 Å². The minimum absolute atomic E-state index is 0.547. The standard InChI is InChI=1S/C15H12BrN2O2S/c1-21(19,20)18-14-4-2-3-13-12(14)9-15(17-13)10-5-7-11(16)8-6-10/h2-9,18H,1H3. The smallest absolute Gasteiger partial charge is 0.229 e. The van der Waals surface area contributed by atoms with Gasteiger partial charge in [-0.15, -0.1) is 0 Å². The molecule has 0 aliphatic carbocycles. The molecule has 0 saturated carbocycles. The van der Waals surface area contributed by atoms with Gasteiger partial charge in [0, 0.05) is 15.6 Å². The number of nitrogens with zero attached hydrogens (tertiary/aromatic N) is 1. The average molecular weight is 364 g/mol. The summed E-state index contributed by atoms with van der Waals surface area (Å²) in [5, 5.41) is 4.55. The molecule has 1 N–H and O–H groups in total. The van der Waals surface area contributed by atoms with Crippen molar-refractivity contribution in [1.82, 2.24) is 5.32 Å². The first-order valence-electron chi connectivity index (χ1n) is 6.22. The fraction of sp³-hybridized carbons (Fsp3) is 0.0667. The van der Waals surface area contributed by atoms with Crippen molar-refractivity contribution in [3.05, 3.63) is 58.1 Å². The number of rotatable bonds is 3. The van der Waals surface area contributed by atoms with Gasteiger partial charge in [-0.1, -0.05) is 34.1 Å². The summed E-state index contributed by atoms with van der Waals surface area (Å²) >= 11 is 3.40. The lowest BCUT2D eigenvalue weighted by atomic mass is 10.1. The Bertz CT molecular complexity index is 827. The maximum atomic E-state index is 11.4. The van der Waals surface area contributed by atoms with Crippen LogP contribution in [0.2, 0.25) is 0 Å². The van der Waals surface area contributed by atoms with Crippen molar-refractivity contribution in [3.8, 4) is 0 Å². The highest BCUT2D eigenvalue weighted by molar-refractivity contribution is 9.10. The van der Waals surface area contributed by atoms with E-state index >= 15 is 0 Å². The highest BCUT2D eigenvalue weighted by Crippen LogP contribution is 2.37. The number of nitrogens with one attached hydrogen (secondary N) is 1. The van der Waals surface area contributed by atoms with Gasteiger partial charge in [-0.25, -0.2) is 13.7 Å². The Labute approximate surface area is 132 Å². The molecule has 107 valence electrons. The fourth-order valence-electron chi connectivity index (χ4n) is 2.16. The minimum Gasteiger partial charge on any atom is -0.283 e. The molecule has 1 radical (unpaired) electrons. The number of hydrogen-bond acceptors (Lipinski definition) is 2. The quantitative estimate of drug-likeness (QED) is 0.905. The first kappa shape index (κ1) is 14.2. The van der Waals surface area contributed by atoms with E-state index in [1.807, 2.05) is 36.4 Å². The summed E-state index contributed by atoms with van der Waals surface area (Å²) < 4.78 is 26.4. The Morgan fingerprint density at radius 2 is 1.81 bits per heavy atom. The van der Waals surface area contributed by atoms with Crippen LogP contribution < -0.4 is 10.0 Å². The summed E-state index contributed by atoms with van der Waals surface area (Å²) in [5.41, 5.74) is 3.91. The van der Waals surface area contributed by atoms with Gasteiger partial charge in [0.15, 0.2) is 0 Å². The Kier molecular flexibility index (Phi) is 3.51. The molecule has 3 rings (SSSR count). The highest BCUT2D eigenvalue weighted by Gasteiger charge is 2.19. The van der Waals surface area contributed by atoms with Crippen LogP contribution in [0.4, 0.5) is 11.4 Å². The summed E-state index contributed by atoms with van der Waals surface area (Å²) in [7, 11) is -3.31. The van der Waals surface area contributed by atoms with E-state index in [4.69, 9.17) is 0 Å². The second-order valence-corrected chi connectivity index (χ2v) is 7.43. The van der Waals surface area contributed by atoms with Crippen molar-refractivity contribution < 1.29 is 8.42 Å². The van der Waals surface area contributed by atoms with Crippen molar-refractivity contribution >= 4 is 49.1 Å². The van der Waals surface area contributed by atoms with Gasteiger partial charge in [-0.3, -0.25) is 4.72 Å². The van der Waals surface area contributed by atoms with Crippen LogP contribution in [0.25, 0.3) is 11.8 Å². The van der Waals surface area contributed by atoms with E-state index in [-0.39, 0.29) is 0 Å². The number of halogens is 1. The van der Waals surface area contributed by atoms with Crippen molar-refractivity contribution in [2.24, 2.45) is 0 Å². The summed E-state index contributed by atoms with van der Waals surface area (Å²) in [6.07, 6.45) is 3.03. The molecule has 0 amide bonds. The van der Waals surface area contributed by atoms with Gasteiger partial charge in [-0.05, 0) is 30.3 Å². The fourth-order valence-corrected chi connectivity index (χ4v) is 3.00. The van der Waals surface area contributed by atoms with Crippen LogP contribution in [-0.4, -0.2) is 14.7 Å². The maximum Gasteiger partial charge on any atom is 0.229 e. The Hall–Kier alpha value is -1.79. The van der Waals surface area contributed by atoms with Gasteiger partial charge >= 0.3 is 0 Å². The number of fused-ring (bicyclic) bond motifs is 1. The molecule has 1 aliphatic rings. The van der Waals surface area contributed by atoms with Gasteiger partial charge in [0.05, 0.1) is 23.3 Å². The molecule has 1 aliphatic heterocycles. The molecule has 0 spiro atoms. The molecule has 21 heavy (non-hydrogen) atoms.